The molecule has 1 amide bonds. The number of nitrogens with zero attached hydrogens (tertiary/aromatic N) is 4. The van der Waals surface area contributed by atoms with Crippen molar-refractivity contribution in [2.45, 2.75) is 56.6 Å². The zero-order chi connectivity index (χ0) is 29.8. The molecule has 0 spiro atoms. The molecule has 9 nitrogen and oxygen atoms in total. The Morgan fingerprint density at radius 3 is 2.51 bits per heavy atom. The van der Waals surface area contributed by atoms with Gasteiger partial charge in [0.05, 0.1) is 10.5 Å². The van der Waals surface area contributed by atoms with Crippen molar-refractivity contribution < 1.29 is 35.5 Å². The van der Waals surface area contributed by atoms with Gasteiger partial charge in [-0.15, -0.1) is 5.10 Å². The predicted octanol–water partition coefficient (Wildman–Crippen LogP) is 4.87. The number of sulfonamides is 1. The first-order valence-corrected chi connectivity index (χ1v) is 14.5. The van der Waals surface area contributed by atoms with E-state index in [0.29, 0.717) is 6.54 Å². The number of halogens is 4. The summed E-state index contributed by atoms with van der Waals surface area (Å²) in [5.41, 5.74) is -2.31. The summed E-state index contributed by atoms with van der Waals surface area (Å²) in [5, 5.41) is 4.21. The number of hydrogen-bond donors (Lipinski definition) is 1. The maximum absolute atomic E-state index is 13.7. The van der Waals surface area contributed by atoms with E-state index in [-0.39, 0.29) is 41.8 Å². The molecule has 1 N–H and O–H groups in total. The fraction of sp³-hybridized carbons (Fsp3) is 0.444. The van der Waals surface area contributed by atoms with Gasteiger partial charge in [0.15, 0.2) is 5.82 Å². The Balaban J connectivity index is 1.45. The molecule has 1 saturated carbocycles. The van der Waals surface area contributed by atoms with Crippen LogP contribution < -0.4 is 14.4 Å². The Kier molecular flexibility index (Phi) is 7.03. The highest BCUT2D eigenvalue weighted by molar-refractivity contribution is 7.90. The number of alkyl halides is 3. The summed E-state index contributed by atoms with van der Waals surface area (Å²) in [6, 6.07) is 8.54. The molecular weight excluding hydrogens is 566 g/mol. The molecule has 0 unspecified atom stereocenters. The van der Waals surface area contributed by atoms with Crippen LogP contribution in [0.3, 0.4) is 0 Å². The second-order valence-electron chi connectivity index (χ2n) is 11.3. The van der Waals surface area contributed by atoms with Crippen molar-refractivity contribution in [3.05, 3.63) is 60.0 Å². The number of carbonyl (C=O) groups is 1. The van der Waals surface area contributed by atoms with E-state index in [1.165, 1.54) is 41.2 Å². The third-order valence-corrected chi connectivity index (χ3v) is 8.85. The van der Waals surface area contributed by atoms with Crippen LogP contribution in [0.2, 0.25) is 0 Å². The fourth-order valence-corrected chi connectivity index (χ4v) is 6.16. The summed E-state index contributed by atoms with van der Waals surface area (Å²) in [5.74, 6) is -1.04. The molecular formula is C27H29F4N5O4S. The van der Waals surface area contributed by atoms with Gasteiger partial charge in [-0.2, -0.15) is 13.2 Å². The molecule has 1 atom stereocenters. The minimum Gasteiger partial charge on any atom is -0.476 e. The lowest BCUT2D eigenvalue weighted by Gasteiger charge is -2.34. The average molecular weight is 596 g/mol. The van der Waals surface area contributed by atoms with Crippen molar-refractivity contribution in [1.82, 2.24) is 19.5 Å². The lowest BCUT2D eigenvalue weighted by Crippen LogP contribution is -2.41. The number of nitrogens with one attached hydrogen (secondary N) is 1. The molecule has 2 aromatic heterocycles. The molecule has 1 saturated heterocycles. The van der Waals surface area contributed by atoms with Gasteiger partial charge in [0.25, 0.3) is 15.9 Å². The summed E-state index contributed by atoms with van der Waals surface area (Å²) in [7, 11) is -4.39. The van der Waals surface area contributed by atoms with Crippen molar-refractivity contribution >= 4 is 21.7 Å². The lowest BCUT2D eigenvalue weighted by molar-refractivity contribution is -0.194. The first-order chi connectivity index (χ1) is 19.1. The Hall–Kier alpha value is -3.68. The smallest absolute Gasteiger partial charge is 0.397 e. The summed E-state index contributed by atoms with van der Waals surface area (Å²) < 4.78 is 87.8. The lowest BCUT2D eigenvalue weighted by atomic mass is 9.97. The number of carbonyl (C=O) groups excluding carboxylic acids is 1. The van der Waals surface area contributed by atoms with Gasteiger partial charge >= 0.3 is 6.18 Å². The van der Waals surface area contributed by atoms with Gasteiger partial charge in [0.1, 0.15) is 23.7 Å². The molecule has 2 fully saturated rings. The minimum atomic E-state index is -4.39. The van der Waals surface area contributed by atoms with Crippen LogP contribution in [0, 0.1) is 17.2 Å². The molecule has 41 heavy (non-hydrogen) atoms. The molecule has 1 aliphatic carbocycles. The van der Waals surface area contributed by atoms with Crippen LogP contribution in [0.5, 0.6) is 5.88 Å². The van der Waals surface area contributed by atoms with Gasteiger partial charge in [-0.1, -0.05) is 13.0 Å². The van der Waals surface area contributed by atoms with E-state index in [9.17, 15) is 30.8 Å². The largest absolute Gasteiger partial charge is 0.476 e. The summed E-state index contributed by atoms with van der Waals surface area (Å²) in [6.45, 7) is 6.00. The quantitative estimate of drug-likeness (QED) is 0.371. The second kappa shape index (κ2) is 10.00. The number of aromatic nitrogens is 3. The Bertz CT molecular complexity index is 1580. The molecule has 0 radical (unpaired) electrons. The maximum atomic E-state index is 13.7. The summed E-state index contributed by atoms with van der Waals surface area (Å²) in [4.78, 5) is 19.5. The van der Waals surface area contributed by atoms with E-state index in [1.807, 2.05) is 30.4 Å². The zero-order valence-electron chi connectivity index (χ0n) is 22.6. The Labute approximate surface area is 234 Å². The highest BCUT2D eigenvalue weighted by atomic mass is 32.2. The number of ether oxygens (including phenoxy) is 1. The second-order valence-corrected chi connectivity index (χ2v) is 13.0. The number of benzene rings is 1. The summed E-state index contributed by atoms with van der Waals surface area (Å²) >= 11 is 0. The molecule has 1 aromatic carbocycles. The van der Waals surface area contributed by atoms with Crippen LogP contribution in [-0.2, 0) is 10.0 Å². The number of rotatable bonds is 8. The highest BCUT2D eigenvalue weighted by Crippen LogP contribution is 2.57. The SMILES string of the molecule is C[C@@H]1CN(c2nc(-n3ccc(OCC4(C(F)(F)F)CC4)n3)ccc2C(=O)NS(=O)(=O)c2cccc(F)c2)C(C)(C)C1. The monoisotopic (exact) mass is 595 g/mol. The molecule has 0 bridgehead atoms. The molecule has 220 valence electrons. The molecule has 5 rings (SSSR count). The first kappa shape index (κ1) is 28.8. The van der Waals surface area contributed by atoms with Crippen molar-refractivity contribution in [3.63, 3.8) is 0 Å². The summed E-state index contributed by atoms with van der Waals surface area (Å²) in [6.07, 6.45) is -2.09. The van der Waals surface area contributed by atoms with Crippen molar-refractivity contribution in [2.75, 3.05) is 18.1 Å². The molecule has 14 heteroatoms. The first-order valence-electron chi connectivity index (χ1n) is 13.0. The maximum Gasteiger partial charge on any atom is 0.397 e. The normalized spacial score (nSPS) is 19.7. The number of anilines is 1. The van der Waals surface area contributed by atoms with E-state index < -0.39 is 50.4 Å². The van der Waals surface area contributed by atoms with Crippen LogP contribution in [0.15, 0.2) is 53.6 Å². The minimum absolute atomic E-state index is 0.00459. The molecule has 1 aliphatic heterocycles. The Morgan fingerprint density at radius 2 is 1.90 bits per heavy atom. The van der Waals surface area contributed by atoms with E-state index >= 15 is 0 Å². The van der Waals surface area contributed by atoms with Crippen LogP contribution in [0.1, 0.15) is 50.4 Å². The standard InChI is InChI=1S/C27H29F4N5O4S/c1-17-14-25(2,3)35(15-17)23-20(24(37)34-41(38,39)19-6-4-5-18(28)13-19)7-8-21(32-23)36-12-9-22(33-36)40-16-26(10-11-26)27(29,30)31/h4-9,12-13,17H,10-11,14-16H2,1-3H3,(H,34,37)/t17-/m0/s1. The number of amides is 1. The van der Waals surface area contributed by atoms with Crippen molar-refractivity contribution in [1.29, 1.82) is 0 Å². The van der Waals surface area contributed by atoms with Gasteiger partial charge in [-0.3, -0.25) is 4.79 Å². The van der Waals surface area contributed by atoms with Gasteiger partial charge in [-0.25, -0.2) is 27.2 Å². The number of pyridine rings is 1. The average Bonchev–Trinajstić information content (AvgIpc) is 3.45. The van der Waals surface area contributed by atoms with Crippen molar-refractivity contribution in [3.8, 4) is 11.7 Å². The highest BCUT2D eigenvalue weighted by Gasteiger charge is 2.64. The molecule has 3 heterocycles. The van der Waals surface area contributed by atoms with Gasteiger partial charge in [-0.05, 0) is 69.4 Å². The van der Waals surface area contributed by atoms with Gasteiger partial charge in [0.2, 0.25) is 5.88 Å². The van der Waals surface area contributed by atoms with Gasteiger partial charge < -0.3 is 9.64 Å². The predicted molar refractivity (Wildman–Crippen MR) is 141 cm³/mol. The van der Waals surface area contributed by atoms with Crippen LogP contribution >= 0.6 is 0 Å². The zero-order valence-corrected chi connectivity index (χ0v) is 23.4. The van der Waals surface area contributed by atoms with Gasteiger partial charge in [0, 0.05) is 24.3 Å². The third-order valence-electron chi connectivity index (χ3n) is 7.52. The van der Waals surface area contributed by atoms with Crippen molar-refractivity contribution in [2.24, 2.45) is 11.3 Å². The van der Waals surface area contributed by atoms with Crippen LogP contribution in [-0.4, -0.2) is 54.0 Å². The fourth-order valence-electron chi connectivity index (χ4n) is 5.16. The third kappa shape index (κ3) is 5.74. The van der Waals surface area contributed by atoms with E-state index in [1.54, 1.807) is 0 Å². The Morgan fingerprint density at radius 1 is 1.17 bits per heavy atom. The number of hydrogen-bond acceptors (Lipinski definition) is 7. The van der Waals surface area contributed by atoms with E-state index in [0.717, 1.165) is 18.6 Å². The van der Waals surface area contributed by atoms with E-state index in [2.05, 4.69) is 10.1 Å². The topological polar surface area (TPSA) is 106 Å². The van der Waals surface area contributed by atoms with E-state index in [4.69, 9.17) is 4.74 Å². The van der Waals surface area contributed by atoms with Crippen LogP contribution in [0.25, 0.3) is 5.82 Å². The molecule has 3 aromatic rings. The van der Waals surface area contributed by atoms with Crippen LogP contribution in [0.4, 0.5) is 23.4 Å². The molecule has 2 aliphatic rings.